The van der Waals surface area contributed by atoms with Crippen LogP contribution in [0, 0.1) is 12.7 Å². The summed E-state index contributed by atoms with van der Waals surface area (Å²) >= 11 is 0. The van der Waals surface area contributed by atoms with Crippen LogP contribution in [0.4, 0.5) is 26.5 Å². The van der Waals surface area contributed by atoms with Gasteiger partial charge >= 0.3 is 6.03 Å². The number of aryl methyl sites for hydroxylation is 1. The van der Waals surface area contributed by atoms with Crippen LogP contribution < -0.4 is 21.6 Å². The van der Waals surface area contributed by atoms with Gasteiger partial charge in [-0.1, -0.05) is 6.07 Å². The molecule has 10 heteroatoms. The number of carbonyl (C=O) groups excluding carboxylic acids is 1. The van der Waals surface area contributed by atoms with Crippen molar-refractivity contribution in [2.45, 2.75) is 13.5 Å². The second-order valence-corrected chi connectivity index (χ2v) is 7.60. The number of amides is 2. The van der Waals surface area contributed by atoms with E-state index in [1.54, 1.807) is 43.7 Å². The SMILES string of the molecule is CN=c1ncc2cc(-c3cc(NC(=O)Nc4ccccn4)c(F)cc3C)c3n(c-2n1)CCN3. The van der Waals surface area contributed by atoms with E-state index in [2.05, 4.69) is 40.5 Å². The van der Waals surface area contributed by atoms with Crippen LogP contribution in [0.5, 0.6) is 0 Å². The van der Waals surface area contributed by atoms with E-state index in [-0.39, 0.29) is 5.69 Å². The van der Waals surface area contributed by atoms with E-state index >= 15 is 0 Å². The quantitative estimate of drug-likeness (QED) is 0.448. The molecule has 0 saturated carbocycles. The number of pyridine rings is 2. The zero-order valence-electron chi connectivity index (χ0n) is 18.1. The molecule has 0 spiro atoms. The lowest BCUT2D eigenvalue weighted by Crippen LogP contribution is -2.21. The minimum Gasteiger partial charge on any atom is -0.369 e. The van der Waals surface area contributed by atoms with Gasteiger partial charge in [0.15, 0.2) is 0 Å². The number of anilines is 3. The predicted molar refractivity (Wildman–Crippen MR) is 124 cm³/mol. The molecule has 2 aromatic rings. The lowest BCUT2D eigenvalue weighted by Gasteiger charge is -2.19. The van der Waals surface area contributed by atoms with E-state index in [0.29, 0.717) is 11.4 Å². The fourth-order valence-electron chi connectivity index (χ4n) is 3.94. The number of aromatic nitrogens is 4. The predicted octanol–water partition coefficient (Wildman–Crippen LogP) is 3.49. The molecule has 0 unspecified atom stereocenters. The number of nitrogens with one attached hydrogen (secondary N) is 3. The van der Waals surface area contributed by atoms with E-state index < -0.39 is 11.8 Å². The van der Waals surface area contributed by atoms with Crippen LogP contribution in [-0.2, 0) is 6.54 Å². The summed E-state index contributed by atoms with van der Waals surface area (Å²) in [5.74, 6) is 1.50. The molecule has 4 heterocycles. The Morgan fingerprint density at radius 3 is 2.85 bits per heavy atom. The Balaban J connectivity index is 1.56. The van der Waals surface area contributed by atoms with Gasteiger partial charge in [-0.15, -0.1) is 0 Å². The highest BCUT2D eigenvalue weighted by Gasteiger charge is 2.23. The molecule has 0 aliphatic carbocycles. The van der Waals surface area contributed by atoms with Gasteiger partial charge in [0.05, 0.1) is 5.69 Å². The molecule has 5 rings (SSSR count). The zero-order chi connectivity index (χ0) is 22.9. The number of carbonyl (C=O) groups is 1. The highest BCUT2D eigenvalue weighted by molar-refractivity contribution is 6.00. The van der Waals surface area contributed by atoms with Crippen molar-refractivity contribution in [3.05, 3.63) is 65.8 Å². The number of urea groups is 1. The summed E-state index contributed by atoms with van der Waals surface area (Å²) in [6.45, 7) is 3.31. The summed E-state index contributed by atoms with van der Waals surface area (Å²) in [4.78, 5) is 29.4. The standard InChI is InChI=1S/C23H21FN8O/c1-13-9-17(24)18(29-23(33)30-19-5-3-4-6-26-19)11-15(13)16-10-14-12-28-22(25-2)31-20(14)32-8-7-27-21(16)32/h3-6,9-12,27H,7-8H2,1-2H3,(H2,26,29,30,33). The fraction of sp³-hybridized carbons (Fsp3) is 0.174. The third kappa shape index (κ3) is 3.86. The van der Waals surface area contributed by atoms with Gasteiger partial charge in [-0.25, -0.2) is 19.2 Å². The van der Waals surface area contributed by atoms with Crippen molar-refractivity contribution in [2.75, 3.05) is 29.5 Å². The fourth-order valence-corrected chi connectivity index (χ4v) is 3.94. The summed E-state index contributed by atoms with van der Waals surface area (Å²) in [7, 11) is 1.65. The summed E-state index contributed by atoms with van der Waals surface area (Å²) in [5.41, 5.74) is 3.72. The Kier molecular flexibility index (Phi) is 5.17. The van der Waals surface area contributed by atoms with Crippen molar-refractivity contribution >= 4 is 23.4 Å². The van der Waals surface area contributed by atoms with Crippen molar-refractivity contribution < 1.29 is 9.18 Å². The summed E-state index contributed by atoms with van der Waals surface area (Å²) in [6, 6.07) is 9.58. The molecule has 0 atom stereocenters. The molecule has 1 aromatic heterocycles. The lowest BCUT2D eigenvalue weighted by atomic mass is 9.98. The number of rotatable bonds is 3. The molecule has 0 radical (unpaired) electrons. The third-order valence-electron chi connectivity index (χ3n) is 5.45. The maximum Gasteiger partial charge on any atom is 0.324 e. The number of benzene rings is 1. The molecule has 0 fully saturated rings. The van der Waals surface area contributed by atoms with E-state index in [1.807, 2.05) is 13.0 Å². The van der Waals surface area contributed by atoms with Crippen molar-refractivity contribution in [2.24, 2.45) is 4.99 Å². The first-order chi connectivity index (χ1) is 16.0. The molecular formula is C23H21FN8O. The average molecular weight is 444 g/mol. The number of nitrogens with zero attached hydrogens (tertiary/aromatic N) is 5. The van der Waals surface area contributed by atoms with Gasteiger partial charge in [-0.05, 0) is 48.4 Å². The molecule has 2 amide bonds. The minimum absolute atomic E-state index is 0.0669. The molecule has 9 nitrogen and oxygen atoms in total. The van der Waals surface area contributed by atoms with Crippen molar-refractivity contribution in [3.63, 3.8) is 0 Å². The Hall–Kier alpha value is -4.34. The van der Waals surface area contributed by atoms with Crippen LogP contribution in [0.1, 0.15) is 5.56 Å². The molecule has 3 aliphatic heterocycles. The van der Waals surface area contributed by atoms with Gasteiger partial charge in [0.25, 0.3) is 0 Å². The minimum atomic E-state index is -0.581. The maximum absolute atomic E-state index is 14.7. The first-order valence-corrected chi connectivity index (χ1v) is 10.4. The summed E-state index contributed by atoms with van der Waals surface area (Å²) < 4.78 is 16.8. The smallest absolute Gasteiger partial charge is 0.324 e. The molecule has 3 N–H and O–H groups in total. The first kappa shape index (κ1) is 20.6. The van der Waals surface area contributed by atoms with Gasteiger partial charge in [0.1, 0.15) is 23.3 Å². The molecule has 33 heavy (non-hydrogen) atoms. The Bertz CT molecular complexity index is 1400. The van der Waals surface area contributed by atoms with Gasteiger partial charge in [0, 0.05) is 43.7 Å². The van der Waals surface area contributed by atoms with Gasteiger partial charge < -0.3 is 15.2 Å². The second-order valence-electron chi connectivity index (χ2n) is 7.60. The highest BCUT2D eigenvalue weighted by Crippen LogP contribution is 2.39. The van der Waals surface area contributed by atoms with Crippen molar-refractivity contribution in [1.29, 1.82) is 0 Å². The number of hydrogen-bond acceptors (Lipinski definition) is 6. The van der Waals surface area contributed by atoms with Crippen LogP contribution >= 0.6 is 0 Å². The number of halogens is 1. The number of hydrogen-bond donors (Lipinski definition) is 3. The molecule has 166 valence electrons. The lowest BCUT2D eigenvalue weighted by molar-refractivity contribution is 0.262. The monoisotopic (exact) mass is 444 g/mol. The third-order valence-corrected chi connectivity index (χ3v) is 5.45. The second kappa shape index (κ2) is 8.30. The van der Waals surface area contributed by atoms with Gasteiger partial charge in [-0.2, -0.15) is 4.98 Å². The van der Waals surface area contributed by atoms with Crippen LogP contribution in [0.3, 0.4) is 0 Å². The largest absolute Gasteiger partial charge is 0.369 e. The van der Waals surface area contributed by atoms with E-state index in [1.165, 1.54) is 6.07 Å². The molecule has 0 saturated heterocycles. The summed E-state index contributed by atoms with van der Waals surface area (Å²) in [5, 5.41) is 8.59. The normalized spacial score (nSPS) is 13.0. The topological polar surface area (TPSA) is 109 Å². The maximum atomic E-state index is 14.7. The Morgan fingerprint density at radius 1 is 1.18 bits per heavy atom. The van der Waals surface area contributed by atoms with Crippen molar-refractivity contribution in [3.8, 4) is 22.5 Å². The van der Waals surface area contributed by atoms with E-state index in [0.717, 1.165) is 47.0 Å². The summed E-state index contributed by atoms with van der Waals surface area (Å²) in [6.07, 6.45) is 3.30. The van der Waals surface area contributed by atoms with Crippen LogP contribution in [0.2, 0.25) is 0 Å². The van der Waals surface area contributed by atoms with Gasteiger partial charge in [0.2, 0.25) is 5.62 Å². The zero-order valence-corrected chi connectivity index (χ0v) is 18.1. The van der Waals surface area contributed by atoms with Crippen LogP contribution in [0.25, 0.3) is 22.5 Å². The van der Waals surface area contributed by atoms with E-state index in [4.69, 9.17) is 0 Å². The van der Waals surface area contributed by atoms with E-state index in [9.17, 15) is 9.18 Å². The highest BCUT2D eigenvalue weighted by atomic mass is 19.1. The molecule has 0 bridgehead atoms. The molecular weight excluding hydrogens is 423 g/mol. The molecule has 1 aromatic carbocycles. The van der Waals surface area contributed by atoms with Crippen molar-refractivity contribution in [1.82, 2.24) is 19.5 Å². The van der Waals surface area contributed by atoms with Crippen LogP contribution in [0.15, 0.2) is 53.8 Å². The number of fused-ring (bicyclic) bond motifs is 3. The first-order valence-electron chi connectivity index (χ1n) is 10.4. The Morgan fingerprint density at radius 2 is 2.06 bits per heavy atom. The van der Waals surface area contributed by atoms with Crippen LogP contribution in [-0.4, -0.2) is 39.1 Å². The Labute approximate surface area is 188 Å². The average Bonchev–Trinajstić information content (AvgIpc) is 3.31. The van der Waals surface area contributed by atoms with Gasteiger partial charge in [-0.3, -0.25) is 10.3 Å². The molecule has 3 aliphatic rings.